The summed E-state index contributed by atoms with van der Waals surface area (Å²) in [5.41, 5.74) is 0.843. The van der Waals surface area contributed by atoms with Crippen molar-refractivity contribution in [2.75, 3.05) is 13.2 Å². The normalized spacial score (nSPS) is 11.2. The van der Waals surface area contributed by atoms with Gasteiger partial charge in [0, 0.05) is 6.54 Å². The quantitative estimate of drug-likeness (QED) is 0.758. The first-order valence-corrected chi connectivity index (χ1v) is 9.14. The van der Waals surface area contributed by atoms with Crippen LogP contribution in [0, 0.1) is 5.82 Å². The lowest BCUT2D eigenvalue weighted by Crippen LogP contribution is -2.30. The summed E-state index contributed by atoms with van der Waals surface area (Å²) in [4.78, 5) is 11.8. The van der Waals surface area contributed by atoms with Crippen LogP contribution in [0.2, 0.25) is 5.02 Å². The summed E-state index contributed by atoms with van der Waals surface area (Å²) in [5.74, 6) is -0.631. The number of nitrogens with two attached hydrogens (primary N) is 1. The molecule has 0 saturated heterocycles. The third kappa shape index (κ3) is 6.00. The fourth-order valence-corrected chi connectivity index (χ4v) is 2.72. The highest BCUT2D eigenvalue weighted by Gasteiger charge is 2.08. The first kappa shape index (κ1) is 19.2. The van der Waals surface area contributed by atoms with Crippen molar-refractivity contribution in [2.24, 2.45) is 5.14 Å². The average molecular weight is 387 g/mol. The van der Waals surface area contributed by atoms with Gasteiger partial charge in [0.15, 0.2) is 6.61 Å². The largest absolute Gasteiger partial charge is 0.482 e. The van der Waals surface area contributed by atoms with Crippen LogP contribution in [0.25, 0.3) is 0 Å². The Hall–Kier alpha value is -2.16. The Labute approximate surface area is 149 Å². The lowest BCUT2D eigenvalue weighted by atomic mass is 10.1. The van der Waals surface area contributed by atoms with E-state index in [1.54, 1.807) is 12.1 Å². The molecule has 2 aromatic carbocycles. The summed E-state index contributed by atoms with van der Waals surface area (Å²) < 4.78 is 40.4. The molecule has 0 radical (unpaired) electrons. The summed E-state index contributed by atoms with van der Waals surface area (Å²) in [7, 11) is -3.71. The lowest BCUT2D eigenvalue weighted by Gasteiger charge is -2.09. The van der Waals surface area contributed by atoms with Gasteiger partial charge in [-0.2, -0.15) is 0 Å². The number of rotatable bonds is 7. The van der Waals surface area contributed by atoms with Gasteiger partial charge >= 0.3 is 0 Å². The maximum absolute atomic E-state index is 12.9. The molecule has 9 heteroatoms. The maximum atomic E-state index is 12.9. The van der Waals surface area contributed by atoms with Crippen molar-refractivity contribution < 1.29 is 22.3 Å². The summed E-state index contributed by atoms with van der Waals surface area (Å²) in [6, 6.07) is 9.70. The van der Waals surface area contributed by atoms with Gasteiger partial charge in [-0.15, -0.1) is 0 Å². The zero-order valence-corrected chi connectivity index (χ0v) is 14.6. The van der Waals surface area contributed by atoms with Crippen LogP contribution >= 0.6 is 11.6 Å². The van der Waals surface area contributed by atoms with Crippen molar-refractivity contribution >= 4 is 27.5 Å². The zero-order valence-electron chi connectivity index (χ0n) is 13.0. The van der Waals surface area contributed by atoms with E-state index in [4.69, 9.17) is 21.5 Å². The minimum absolute atomic E-state index is 0.0323. The van der Waals surface area contributed by atoms with Crippen molar-refractivity contribution in [3.63, 3.8) is 0 Å². The van der Waals surface area contributed by atoms with E-state index in [1.807, 2.05) is 0 Å². The number of carbonyl (C=O) groups is 1. The van der Waals surface area contributed by atoms with E-state index < -0.39 is 15.8 Å². The minimum atomic E-state index is -3.71. The lowest BCUT2D eigenvalue weighted by molar-refractivity contribution is -0.123. The van der Waals surface area contributed by atoms with E-state index in [9.17, 15) is 17.6 Å². The summed E-state index contributed by atoms with van der Waals surface area (Å²) in [6.07, 6.45) is 0.508. The molecule has 0 fully saturated rings. The fraction of sp³-hybridized carbons (Fsp3) is 0.188. The topological polar surface area (TPSA) is 98.5 Å². The molecule has 0 heterocycles. The average Bonchev–Trinajstić information content (AvgIpc) is 2.53. The summed E-state index contributed by atoms with van der Waals surface area (Å²) >= 11 is 5.79. The van der Waals surface area contributed by atoms with Crippen molar-refractivity contribution in [2.45, 2.75) is 11.3 Å². The number of hydrogen-bond acceptors (Lipinski definition) is 4. The van der Waals surface area contributed by atoms with Crippen LogP contribution in [0.15, 0.2) is 47.4 Å². The fourth-order valence-electron chi connectivity index (χ4n) is 1.98. The monoisotopic (exact) mass is 386 g/mol. The van der Waals surface area contributed by atoms with Crippen molar-refractivity contribution in [3.8, 4) is 5.75 Å². The van der Waals surface area contributed by atoms with Gasteiger partial charge in [-0.05, 0) is 42.3 Å². The number of hydrogen-bond donors (Lipinski definition) is 2. The predicted octanol–water partition coefficient (Wildman–Crippen LogP) is 1.86. The Morgan fingerprint density at radius 1 is 1.20 bits per heavy atom. The van der Waals surface area contributed by atoms with Gasteiger partial charge in [0.05, 0.1) is 9.92 Å². The van der Waals surface area contributed by atoms with Crippen LogP contribution in [0.1, 0.15) is 5.56 Å². The van der Waals surface area contributed by atoms with Crippen LogP contribution in [0.5, 0.6) is 5.75 Å². The smallest absolute Gasteiger partial charge is 0.257 e. The second-order valence-corrected chi connectivity index (χ2v) is 7.12. The molecule has 0 unspecified atom stereocenters. The molecule has 6 nitrogen and oxygen atoms in total. The third-order valence-corrected chi connectivity index (χ3v) is 4.47. The van der Waals surface area contributed by atoms with E-state index in [2.05, 4.69) is 5.32 Å². The number of ether oxygens (including phenoxy) is 1. The zero-order chi connectivity index (χ0) is 18.4. The number of benzene rings is 2. The number of halogens is 2. The van der Waals surface area contributed by atoms with E-state index in [0.717, 1.165) is 11.6 Å². The number of nitrogens with one attached hydrogen (secondary N) is 1. The molecule has 0 saturated carbocycles. The van der Waals surface area contributed by atoms with Crippen molar-refractivity contribution in [1.82, 2.24) is 5.32 Å². The van der Waals surface area contributed by atoms with Gasteiger partial charge in [-0.1, -0.05) is 23.7 Å². The molecule has 1 amide bonds. The second-order valence-electron chi connectivity index (χ2n) is 5.15. The highest BCUT2D eigenvalue weighted by molar-refractivity contribution is 7.89. The van der Waals surface area contributed by atoms with Crippen LogP contribution in [0.4, 0.5) is 4.39 Å². The summed E-state index contributed by atoms with van der Waals surface area (Å²) in [5, 5.41) is 7.76. The van der Waals surface area contributed by atoms with E-state index in [1.165, 1.54) is 24.3 Å². The number of sulfonamides is 1. The number of amides is 1. The number of primary sulfonamides is 1. The number of carbonyl (C=O) groups excluding carboxylic acids is 1. The van der Waals surface area contributed by atoms with Crippen LogP contribution in [-0.2, 0) is 21.2 Å². The van der Waals surface area contributed by atoms with Gasteiger partial charge in [0.1, 0.15) is 11.6 Å². The molecule has 0 aromatic heterocycles. The first-order valence-electron chi connectivity index (χ1n) is 7.22. The molecule has 2 rings (SSSR count). The van der Waals surface area contributed by atoms with Gasteiger partial charge in [-0.3, -0.25) is 4.79 Å². The standard InChI is InChI=1S/C16H16ClFN2O4S/c17-14-9-12(18)3-6-15(14)24-10-16(21)20-8-7-11-1-4-13(5-2-11)25(19,22)23/h1-6,9H,7-8,10H2,(H,20,21)(H2,19,22,23). The molecule has 0 bridgehead atoms. The van der Waals surface area contributed by atoms with Crippen LogP contribution in [0.3, 0.4) is 0 Å². The first-order chi connectivity index (χ1) is 11.8. The molecular formula is C16H16ClFN2O4S. The predicted molar refractivity (Wildman–Crippen MR) is 91.4 cm³/mol. The summed E-state index contributed by atoms with van der Waals surface area (Å²) in [6.45, 7) is 0.0871. The molecule has 0 aliphatic carbocycles. The molecule has 2 aromatic rings. The van der Waals surface area contributed by atoms with Gasteiger partial charge in [0.25, 0.3) is 5.91 Å². The Morgan fingerprint density at radius 3 is 2.48 bits per heavy atom. The SMILES string of the molecule is NS(=O)(=O)c1ccc(CCNC(=O)COc2ccc(F)cc2Cl)cc1. The van der Waals surface area contributed by atoms with Gasteiger partial charge in [0.2, 0.25) is 10.0 Å². The highest BCUT2D eigenvalue weighted by Crippen LogP contribution is 2.24. The maximum Gasteiger partial charge on any atom is 0.257 e. The van der Waals surface area contributed by atoms with E-state index in [-0.39, 0.29) is 28.2 Å². The Bertz CT molecular complexity index is 857. The third-order valence-electron chi connectivity index (χ3n) is 3.24. The Balaban J connectivity index is 1.77. The molecule has 25 heavy (non-hydrogen) atoms. The Morgan fingerprint density at radius 2 is 1.88 bits per heavy atom. The molecule has 134 valence electrons. The van der Waals surface area contributed by atoms with Crippen LogP contribution in [-0.4, -0.2) is 27.5 Å². The molecule has 0 aliphatic rings. The Kier molecular flexibility index (Phi) is 6.35. The highest BCUT2D eigenvalue weighted by atomic mass is 35.5. The molecule has 0 aliphatic heterocycles. The van der Waals surface area contributed by atoms with Crippen molar-refractivity contribution in [3.05, 3.63) is 58.9 Å². The molecule has 0 atom stereocenters. The molecule has 0 spiro atoms. The van der Waals surface area contributed by atoms with Crippen LogP contribution < -0.4 is 15.2 Å². The van der Waals surface area contributed by atoms with E-state index >= 15 is 0 Å². The van der Waals surface area contributed by atoms with Gasteiger partial charge in [-0.25, -0.2) is 17.9 Å². The van der Waals surface area contributed by atoms with Gasteiger partial charge < -0.3 is 10.1 Å². The molecular weight excluding hydrogens is 371 g/mol. The molecule has 3 N–H and O–H groups in total. The van der Waals surface area contributed by atoms with Crippen molar-refractivity contribution in [1.29, 1.82) is 0 Å². The second kappa shape index (κ2) is 8.28. The van der Waals surface area contributed by atoms with E-state index in [0.29, 0.717) is 13.0 Å². The minimum Gasteiger partial charge on any atom is -0.482 e.